The average Bonchev–Trinajstić information content (AvgIpc) is 3.97. The molecule has 14 heteroatoms. The predicted octanol–water partition coefficient (Wildman–Crippen LogP) is 8.30. The minimum absolute atomic E-state index is 0.0942. The highest BCUT2D eigenvalue weighted by molar-refractivity contribution is 5.86. The van der Waals surface area contributed by atoms with E-state index in [1.54, 1.807) is 0 Å². The molecule has 334 valence electrons. The summed E-state index contributed by atoms with van der Waals surface area (Å²) in [6.07, 6.45) is 11.9. The number of alkyl carbamates (subject to hydrolysis) is 2. The number of aromatic nitrogens is 2. The van der Waals surface area contributed by atoms with Crippen molar-refractivity contribution in [2.24, 2.45) is 16.8 Å². The normalized spacial score (nSPS) is 13.7. The summed E-state index contributed by atoms with van der Waals surface area (Å²) in [7, 11) is 4.12. The molecule has 2 atom stereocenters. The number of H-pyrrole nitrogens is 1. The number of terminal acetylenes is 1. The maximum Gasteiger partial charge on any atom is 0.407 e. The average molecular weight is 843 g/mol. The number of nitrogens with one attached hydrogen (secondary N) is 4. The van der Waals surface area contributed by atoms with Gasteiger partial charge in [-0.15, -0.1) is 12.8 Å². The molecule has 4 rings (SSSR count). The number of rotatable bonds is 16. The zero-order chi connectivity index (χ0) is 46.1. The third kappa shape index (κ3) is 16.5. The molecule has 3 aromatic rings. The third-order valence-corrected chi connectivity index (χ3v) is 9.63. The Morgan fingerprint density at radius 1 is 0.951 bits per heavy atom. The van der Waals surface area contributed by atoms with Crippen LogP contribution in [0.1, 0.15) is 98.5 Å². The molecule has 1 saturated heterocycles. The fourth-order valence-electron chi connectivity index (χ4n) is 6.61. The number of methoxy groups -OCH3 is 2. The Bertz CT molecular complexity index is 1840. The van der Waals surface area contributed by atoms with Crippen LogP contribution in [-0.2, 0) is 19.1 Å². The summed E-state index contributed by atoms with van der Waals surface area (Å²) in [5.41, 5.74) is 6.66. The Balaban J connectivity index is 0.00000169. The zero-order valence-electron chi connectivity index (χ0n) is 38.3. The quantitative estimate of drug-likeness (QED) is 0.0825. The van der Waals surface area contributed by atoms with Gasteiger partial charge in [0.2, 0.25) is 11.8 Å². The number of benzene rings is 2. The van der Waals surface area contributed by atoms with Gasteiger partial charge in [-0.05, 0) is 61.4 Å². The monoisotopic (exact) mass is 843 g/mol. The van der Waals surface area contributed by atoms with E-state index >= 15 is 0 Å². The van der Waals surface area contributed by atoms with Crippen LogP contribution in [0.5, 0.6) is 0 Å². The number of carbonyl (C=O) groups excluding carboxylic acids is 4. The van der Waals surface area contributed by atoms with Crippen LogP contribution < -0.4 is 16.0 Å². The number of amides is 4. The largest absolute Gasteiger partial charge is 0.453 e. The van der Waals surface area contributed by atoms with Crippen molar-refractivity contribution in [3.63, 3.8) is 0 Å². The summed E-state index contributed by atoms with van der Waals surface area (Å²) in [6, 6.07) is 15.7. The first-order valence-corrected chi connectivity index (χ1v) is 21.0. The lowest BCUT2D eigenvalue weighted by Gasteiger charge is -2.30. The number of aliphatic imine (C=N–C) groups is 1. The van der Waals surface area contributed by atoms with Gasteiger partial charge in [0.25, 0.3) is 0 Å². The number of imidazole rings is 1. The molecule has 0 spiro atoms. The van der Waals surface area contributed by atoms with Crippen LogP contribution in [0.15, 0.2) is 65.4 Å². The topological polar surface area (TPSA) is 170 Å². The van der Waals surface area contributed by atoms with Crippen molar-refractivity contribution in [3.05, 3.63) is 71.8 Å². The third-order valence-electron chi connectivity index (χ3n) is 9.63. The molecule has 14 nitrogen and oxygen atoms in total. The second kappa shape index (κ2) is 28.4. The van der Waals surface area contributed by atoms with Crippen LogP contribution >= 0.6 is 0 Å². The smallest absolute Gasteiger partial charge is 0.407 e. The summed E-state index contributed by atoms with van der Waals surface area (Å²) in [5.74, 6) is 1.05. The number of ether oxygens (including phenoxy) is 2. The minimum atomic E-state index is -0.676. The lowest BCUT2D eigenvalue weighted by Crippen LogP contribution is -2.51. The van der Waals surface area contributed by atoms with E-state index < -0.39 is 18.2 Å². The molecule has 0 aliphatic carbocycles. The van der Waals surface area contributed by atoms with Gasteiger partial charge >= 0.3 is 12.2 Å². The van der Waals surface area contributed by atoms with Gasteiger partial charge in [0.1, 0.15) is 11.9 Å². The number of carbonyl (C=O) groups is 4. The Morgan fingerprint density at radius 3 is 2.02 bits per heavy atom. The van der Waals surface area contributed by atoms with Gasteiger partial charge in [0.05, 0.1) is 37.8 Å². The lowest BCUT2D eigenvalue weighted by atomic mass is 10.0. The molecule has 2 heterocycles. The van der Waals surface area contributed by atoms with Crippen molar-refractivity contribution < 1.29 is 28.7 Å². The van der Waals surface area contributed by atoms with Crippen LogP contribution in [0.3, 0.4) is 0 Å². The molecular formula is C47H70N8O6. The van der Waals surface area contributed by atoms with E-state index in [0.717, 1.165) is 71.0 Å². The first kappa shape index (κ1) is 52.9. The highest BCUT2D eigenvalue weighted by Gasteiger charge is 2.37. The van der Waals surface area contributed by atoms with Crippen LogP contribution in [0, 0.1) is 24.7 Å². The Labute approximate surface area is 364 Å². The van der Waals surface area contributed by atoms with E-state index in [9.17, 15) is 19.2 Å². The highest BCUT2D eigenvalue weighted by atomic mass is 16.5. The summed E-state index contributed by atoms with van der Waals surface area (Å²) >= 11 is 0. The SMILES string of the molecule is C#C.C=N/C(=C(/C)NCCN(CCC)C(=O)CC(C)C)c1ccc(-c2ccc(-c3cnc([C@@H]4CCCN4C(=O)[C@@H](NC(=O)OC)C(C)C)[nH]3)cc2)cc1.CC.CNC(=O)OC. The Hall–Kier alpha value is -6.10. The molecule has 1 aliphatic heterocycles. The van der Waals surface area contributed by atoms with Crippen molar-refractivity contribution >= 4 is 36.4 Å². The first-order valence-electron chi connectivity index (χ1n) is 21.0. The Kier molecular flexibility index (Phi) is 24.6. The predicted molar refractivity (Wildman–Crippen MR) is 246 cm³/mol. The van der Waals surface area contributed by atoms with E-state index in [1.165, 1.54) is 21.3 Å². The van der Waals surface area contributed by atoms with Crippen molar-refractivity contribution in [1.82, 2.24) is 35.7 Å². The second-order valence-electron chi connectivity index (χ2n) is 14.7. The molecule has 4 amide bonds. The number of nitrogens with zero attached hydrogens (tertiary/aromatic N) is 4. The van der Waals surface area contributed by atoms with Gasteiger partial charge in [-0.1, -0.05) is 97.0 Å². The van der Waals surface area contributed by atoms with Gasteiger partial charge in [-0.25, -0.2) is 14.6 Å². The second-order valence-corrected chi connectivity index (χ2v) is 14.7. The zero-order valence-corrected chi connectivity index (χ0v) is 38.3. The van der Waals surface area contributed by atoms with Gasteiger partial charge in [-0.3, -0.25) is 14.6 Å². The maximum absolute atomic E-state index is 13.5. The number of allylic oxidation sites excluding steroid dienone is 1. The summed E-state index contributed by atoms with van der Waals surface area (Å²) < 4.78 is 8.90. The van der Waals surface area contributed by atoms with Crippen LogP contribution in [0.25, 0.3) is 28.1 Å². The van der Waals surface area contributed by atoms with Crippen molar-refractivity contribution in [1.29, 1.82) is 0 Å². The highest BCUT2D eigenvalue weighted by Crippen LogP contribution is 2.33. The maximum atomic E-state index is 13.5. The van der Waals surface area contributed by atoms with E-state index in [0.29, 0.717) is 32.0 Å². The van der Waals surface area contributed by atoms with Gasteiger partial charge in [-0.2, -0.15) is 0 Å². The molecule has 1 aliphatic rings. The molecule has 0 saturated carbocycles. The summed E-state index contributed by atoms with van der Waals surface area (Å²) in [6.45, 7) is 22.5. The Morgan fingerprint density at radius 2 is 1.52 bits per heavy atom. The molecule has 2 aromatic carbocycles. The molecular weight excluding hydrogens is 773 g/mol. The van der Waals surface area contributed by atoms with Crippen molar-refractivity contribution in [2.45, 2.75) is 93.2 Å². The summed E-state index contributed by atoms with van der Waals surface area (Å²) in [5, 5.41) is 8.40. The van der Waals surface area contributed by atoms with Crippen molar-refractivity contribution in [2.75, 3.05) is 47.4 Å². The fraction of sp³-hybridized carbons (Fsp3) is 0.489. The molecule has 1 aromatic heterocycles. The van der Waals surface area contributed by atoms with Crippen LogP contribution in [-0.4, -0.2) is 104 Å². The number of aromatic amines is 1. The van der Waals surface area contributed by atoms with Gasteiger partial charge in [0.15, 0.2) is 0 Å². The van der Waals surface area contributed by atoms with E-state index in [4.69, 9.17) is 4.74 Å². The molecule has 61 heavy (non-hydrogen) atoms. The number of hydrogen-bond donors (Lipinski definition) is 4. The van der Waals surface area contributed by atoms with E-state index in [2.05, 4.69) is 112 Å². The lowest BCUT2D eigenvalue weighted by molar-refractivity contribution is -0.135. The number of likely N-dealkylation sites (tertiary alicyclic amines) is 1. The number of hydrogen-bond acceptors (Lipinski definition) is 9. The van der Waals surface area contributed by atoms with Gasteiger partial charge < -0.3 is 40.2 Å². The molecule has 1 fully saturated rings. The molecule has 0 bridgehead atoms. The van der Waals surface area contributed by atoms with E-state index in [1.807, 2.05) is 62.7 Å². The summed E-state index contributed by atoms with van der Waals surface area (Å²) in [4.78, 5) is 64.1. The van der Waals surface area contributed by atoms with Crippen LogP contribution in [0.2, 0.25) is 0 Å². The first-order chi connectivity index (χ1) is 29.3. The molecule has 4 N–H and O–H groups in total. The van der Waals surface area contributed by atoms with E-state index in [-0.39, 0.29) is 23.8 Å². The molecule has 0 radical (unpaired) electrons. The molecule has 0 unspecified atom stereocenters. The van der Waals surface area contributed by atoms with Gasteiger partial charge in [0, 0.05) is 50.9 Å². The van der Waals surface area contributed by atoms with Crippen LogP contribution in [0.4, 0.5) is 9.59 Å². The van der Waals surface area contributed by atoms with Crippen molar-refractivity contribution in [3.8, 4) is 35.2 Å². The fourth-order valence-corrected chi connectivity index (χ4v) is 6.61. The minimum Gasteiger partial charge on any atom is -0.453 e. The standard InChI is InChI=1S/C40H55N7O4.C3H7NO2.C2H6.C2H2/c1-9-21-46(35(48)24-26(2)3)23-20-42-28(6)37(41-7)32-18-14-30(15-19-32)29-12-16-31(17-13-29)33-25-43-38(44-33)34-11-10-22-47(34)39(49)36(27(4)5)45-40(50)51-8;1-4-3(5)6-2;2*1-2/h12-19,25-27,34,36,42H,7,9-11,20-24H2,1-6,8H3,(H,43,44)(H,45,50);1-2H3,(H,4,5);1-2H3;1-2H/b37-28-;;;/t34-,36-;;;/m0.../s1.